The van der Waals surface area contributed by atoms with E-state index in [4.69, 9.17) is 5.41 Å². The van der Waals surface area contributed by atoms with Gasteiger partial charge in [-0.05, 0) is 12.4 Å². The van der Waals surface area contributed by atoms with Crippen molar-refractivity contribution >= 4 is 5.87 Å². The summed E-state index contributed by atoms with van der Waals surface area (Å²) in [5, 5.41) is 5.85. The largest absolute Gasteiger partial charge is 0.351 e. The van der Waals surface area contributed by atoms with Crippen LogP contribution in [0.25, 0.3) is 0 Å². The number of nitrogens with zero attached hydrogens (tertiary/aromatic N) is 1. The molecule has 0 atom stereocenters. The van der Waals surface area contributed by atoms with Crippen molar-refractivity contribution in [2.45, 2.75) is 0 Å². The quantitative estimate of drug-likeness (QED) is 0.476. The number of H-pyrrole nitrogens is 1. The summed E-state index contributed by atoms with van der Waals surface area (Å²) < 4.78 is 0. The molecule has 1 aromatic rings. The van der Waals surface area contributed by atoms with Crippen molar-refractivity contribution in [1.29, 1.82) is 5.41 Å². The molecular formula is C5H7N3. The predicted molar refractivity (Wildman–Crippen MR) is 31.9 cm³/mol. The molecule has 42 valence electrons. The average molecular weight is 109 g/mol. The first-order chi connectivity index (χ1) is 3.91. The van der Waals surface area contributed by atoms with Crippen molar-refractivity contribution in [3.63, 3.8) is 0 Å². The number of hydrogen-bond acceptors (Lipinski definition) is 2. The van der Waals surface area contributed by atoms with Gasteiger partial charge in [0.1, 0.15) is 0 Å². The molecule has 0 spiro atoms. The van der Waals surface area contributed by atoms with E-state index in [1.54, 1.807) is 24.6 Å². The van der Waals surface area contributed by atoms with E-state index in [-0.39, 0.29) is 0 Å². The highest BCUT2D eigenvalue weighted by atomic mass is 14.8. The van der Waals surface area contributed by atoms with Crippen molar-refractivity contribution in [2.75, 3.05) is 0 Å². The van der Waals surface area contributed by atoms with Crippen molar-refractivity contribution in [3.05, 3.63) is 25.3 Å². The molecule has 0 unspecified atom stereocenters. The summed E-state index contributed by atoms with van der Waals surface area (Å²) in [5.41, 5.74) is 0. The fourth-order valence-electron chi connectivity index (χ4n) is 0.215. The van der Waals surface area contributed by atoms with Crippen LogP contribution in [0.15, 0.2) is 25.3 Å². The normalized spacial score (nSPS) is 6.00. The highest BCUT2D eigenvalue weighted by Crippen LogP contribution is 1.62. The number of aromatic nitrogens is 2. The molecule has 1 heterocycles. The molecule has 0 fully saturated rings. The number of rotatable bonds is 0. The van der Waals surface area contributed by atoms with E-state index in [0.717, 1.165) is 0 Å². The standard InChI is InChI=1S/C3H4N2.C2H3N/c1-2-5-3-4-1;1-2-3/h1-3H,(H,4,5);3H,1H2. The van der Waals surface area contributed by atoms with Crippen LogP contribution in [0.1, 0.15) is 0 Å². The molecule has 1 aromatic heterocycles. The molecular weight excluding hydrogens is 102 g/mol. The number of hydrogen-bond donors (Lipinski definition) is 2. The fraction of sp³-hybridized carbons (Fsp3) is 0. The van der Waals surface area contributed by atoms with Gasteiger partial charge in [0.25, 0.3) is 0 Å². The van der Waals surface area contributed by atoms with E-state index in [1.807, 2.05) is 0 Å². The summed E-state index contributed by atoms with van der Waals surface area (Å²) in [7, 11) is 0. The van der Waals surface area contributed by atoms with E-state index >= 15 is 0 Å². The summed E-state index contributed by atoms with van der Waals surface area (Å²) in [5.74, 6) is 1.75. The number of imidazole rings is 1. The van der Waals surface area contributed by atoms with Gasteiger partial charge in [-0.1, -0.05) is 0 Å². The summed E-state index contributed by atoms with van der Waals surface area (Å²) in [6.07, 6.45) is 5.08. The first kappa shape index (κ1) is 6.66. The van der Waals surface area contributed by atoms with Gasteiger partial charge >= 0.3 is 0 Å². The van der Waals surface area contributed by atoms with Gasteiger partial charge in [0.2, 0.25) is 0 Å². The Labute approximate surface area is 47.6 Å². The van der Waals surface area contributed by atoms with Crippen LogP contribution in [-0.2, 0) is 0 Å². The fourth-order valence-corrected chi connectivity index (χ4v) is 0.215. The second-order valence-electron chi connectivity index (χ2n) is 0.937. The molecule has 3 heteroatoms. The van der Waals surface area contributed by atoms with Gasteiger partial charge in [0.05, 0.1) is 6.33 Å². The van der Waals surface area contributed by atoms with Gasteiger partial charge in [-0.25, -0.2) is 4.98 Å². The Kier molecular flexibility index (Phi) is 4.71. The van der Waals surface area contributed by atoms with E-state index in [9.17, 15) is 0 Å². The second-order valence-corrected chi connectivity index (χ2v) is 0.937. The van der Waals surface area contributed by atoms with E-state index in [1.165, 1.54) is 0 Å². The third kappa shape index (κ3) is 4.66. The first-order valence-corrected chi connectivity index (χ1v) is 2.03. The average Bonchev–Trinajstić information content (AvgIpc) is 2.17. The van der Waals surface area contributed by atoms with Crippen LogP contribution in [-0.4, -0.2) is 15.8 Å². The molecule has 0 saturated carbocycles. The number of nitrogens with one attached hydrogen (secondary N) is 2. The van der Waals surface area contributed by atoms with E-state index in [2.05, 4.69) is 16.5 Å². The van der Waals surface area contributed by atoms with Crippen molar-refractivity contribution in [1.82, 2.24) is 9.97 Å². The minimum Gasteiger partial charge on any atom is -0.351 e. The van der Waals surface area contributed by atoms with E-state index in [0.29, 0.717) is 0 Å². The van der Waals surface area contributed by atoms with Crippen LogP contribution in [0, 0.1) is 5.41 Å². The van der Waals surface area contributed by atoms with Crippen LogP contribution in [0.5, 0.6) is 0 Å². The Bertz CT molecular complexity index is 119. The SMILES string of the molecule is C=C=N.c1c[nH]cn1. The van der Waals surface area contributed by atoms with Gasteiger partial charge in [0.15, 0.2) is 0 Å². The summed E-state index contributed by atoms with van der Waals surface area (Å²) in [6.45, 7) is 2.90. The van der Waals surface area contributed by atoms with Crippen LogP contribution >= 0.6 is 0 Å². The van der Waals surface area contributed by atoms with Gasteiger partial charge in [0, 0.05) is 12.4 Å². The third-order valence-corrected chi connectivity index (χ3v) is 0.406. The lowest BCUT2D eigenvalue weighted by molar-refractivity contribution is 1.31. The zero-order valence-corrected chi connectivity index (χ0v) is 4.39. The van der Waals surface area contributed by atoms with Gasteiger partial charge in [-0.3, -0.25) is 5.41 Å². The minimum atomic E-state index is 1.62. The molecule has 2 N–H and O–H groups in total. The van der Waals surface area contributed by atoms with Crippen LogP contribution in [0.4, 0.5) is 0 Å². The molecule has 0 amide bonds. The van der Waals surface area contributed by atoms with E-state index < -0.39 is 0 Å². The molecule has 0 saturated heterocycles. The summed E-state index contributed by atoms with van der Waals surface area (Å²) in [6, 6.07) is 0. The molecule has 8 heavy (non-hydrogen) atoms. The number of aromatic amines is 1. The smallest absolute Gasteiger partial charge is 0.0919 e. The molecule has 0 bridgehead atoms. The van der Waals surface area contributed by atoms with Crippen molar-refractivity contribution < 1.29 is 0 Å². The van der Waals surface area contributed by atoms with Gasteiger partial charge in [-0.15, -0.1) is 0 Å². The molecule has 0 aliphatic heterocycles. The highest BCUT2D eigenvalue weighted by Gasteiger charge is 1.56. The predicted octanol–water partition coefficient (Wildman–Crippen LogP) is 0.831. The lowest BCUT2D eigenvalue weighted by atomic mass is 11.0. The molecule has 1 rings (SSSR count). The monoisotopic (exact) mass is 109 g/mol. The van der Waals surface area contributed by atoms with Crippen molar-refractivity contribution in [2.24, 2.45) is 0 Å². The Morgan fingerprint density at radius 1 is 1.75 bits per heavy atom. The molecule has 0 radical (unpaired) electrons. The Morgan fingerprint density at radius 3 is 2.50 bits per heavy atom. The Balaban J connectivity index is 0.000000145. The molecule has 0 aliphatic carbocycles. The maximum Gasteiger partial charge on any atom is 0.0919 e. The van der Waals surface area contributed by atoms with Crippen molar-refractivity contribution in [3.8, 4) is 0 Å². The lowest BCUT2D eigenvalue weighted by Gasteiger charge is -1.46. The third-order valence-electron chi connectivity index (χ3n) is 0.406. The summed E-state index contributed by atoms with van der Waals surface area (Å²) >= 11 is 0. The maximum absolute atomic E-state index is 5.85. The maximum atomic E-state index is 5.85. The lowest BCUT2D eigenvalue weighted by Crippen LogP contribution is -1.44. The van der Waals surface area contributed by atoms with Crippen LogP contribution in [0.3, 0.4) is 0 Å². The zero-order valence-electron chi connectivity index (χ0n) is 4.39. The zero-order chi connectivity index (χ0) is 6.24. The highest BCUT2D eigenvalue weighted by molar-refractivity contribution is 5.41. The van der Waals surface area contributed by atoms with Gasteiger partial charge in [-0.2, -0.15) is 0 Å². The Morgan fingerprint density at radius 2 is 2.38 bits per heavy atom. The first-order valence-electron chi connectivity index (χ1n) is 2.03. The Hall–Kier alpha value is -1.34. The van der Waals surface area contributed by atoms with Crippen LogP contribution < -0.4 is 0 Å². The van der Waals surface area contributed by atoms with Gasteiger partial charge < -0.3 is 4.98 Å². The minimum absolute atomic E-state index is 1.62. The van der Waals surface area contributed by atoms with Crippen LogP contribution in [0.2, 0.25) is 0 Å². The molecule has 3 nitrogen and oxygen atoms in total. The molecule has 0 aromatic carbocycles. The second kappa shape index (κ2) is 5.66. The topological polar surface area (TPSA) is 52.5 Å². The summed E-state index contributed by atoms with van der Waals surface area (Å²) in [4.78, 5) is 6.42. The molecule has 0 aliphatic rings.